The quantitative estimate of drug-likeness (QED) is 0.757. The standard InChI is InChI=1S/C13H16N4O4/c1-20-7-6-17(9-12(18)19)8-11-15-13(16-21-11)10-4-2-3-5-14-10/h2-5H,6-9H2,1H3,(H,18,19). The van der Waals surface area contributed by atoms with Crippen LogP contribution in [-0.4, -0.2) is 57.9 Å². The summed E-state index contributed by atoms with van der Waals surface area (Å²) in [5.74, 6) is -0.198. The third kappa shape index (κ3) is 4.62. The molecule has 2 rings (SSSR count). The number of methoxy groups -OCH3 is 1. The molecule has 0 spiro atoms. The number of hydrogen-bond acceptors (Lipinski definition) is 7. The number of aliphatic carboxylic acids is 1. The molecule has 0 fully saturated rings. The van der Waals surface area contributed by atoms with E-state index in [-0.39, 0.29) is 13.1 Å². The Morgan fingerprint density at radius 3 is 3.00 bits per heavy atom. The molecule has 0 amide bonds. The van der Waals surface area contributed by atoms with E-state index in [2.05, 4.69) is 15.1 Å². The third-order valence-corrected chi connectivity index (χ3v) is 2.69. The van der Waals surface area contributed by atoms with Crippen molar-refractivity contribution in [1.29, 1.82) is 0 Å². The maximum Gasteiger partial charge on any atom is 0.317 e. The number of rotatable bonds is 8. The van der Waals surface area contributed by atoms with E-state index in [1.165, 1.54) is 0 Å². The molecule has 1 N–H and O–H groups in total. The number of ether oxygens (including phenoxy) is 1. The van der Waals surface area contributed by atoms with Gasteiger partial charge in [0.1, 0.15) is 5.69 Å². The summed E-state index contributed by atoms with van der Waals surface area (Å²) in [6.45, 7) is 1.01. The Morgan fingerprint density at radius 2 is 2.33 bits per heavy atom. The Balaban J connectivity index is 2.03. The molecule has 112 valence electrons. The van der Waals surface area contributed by atoms with E-state index < -0.39 is 5.97 Å². The van der Waals surface area contributed by atoms with E-state index in [0.717, 1.165) is 0 Å². The molecule has 0 saturated heterocycles. The van der Waals surface area contributed by atoms with Gasteiger partial charge in [0.05, 0.1) is 19.7 Å². The van der Waals surface area contributed by atoms with Crippen LogP contribution >= 0.6 is 0 Å². The summed E-state index contributed by atoms with van der Waals surface area (Å²) in [5, 5.41) is 12.7. The lowest BCUT2D eigenvalue weighted by Gasteiger charge is -2.17. The fraction of sp³-hybridized carbons (Fsp3) is 0.385. The SMILES string of the molecule is COCCN(CC(=O)O)Cc1nc(-c2ccccn2)no1. The number of nitrogens with zero attached hydrogens (tertiary/aromatic N) is 4. The minimum absolute atomic E-state index is 0.120. The molecule has 0 aromatic carbocycles. The second kappa shape index (κ2) is 7.46. The summed E-state index contributed by atoms with van der Waals surface area (Å²) in [5.41, 5.74) is 0.606. The third-order valence-electron chi connectivity index (χ3n) is 2.69. The summed E-state index contributed by atoms with van der Waals surface area (Å²) in [7, 11) is 1.56. The van der Waals surface area contributed by atoms with Crippen molar-refractivity contribution in [1.82, 2.24) is 20.0 Å². The molecule has 0 radical (unpaired) electrons. The van der Waals surface area contributed by atoms with Gasteiger partial charge in [-0.3, -0.25) is 14.7 Å². The smallest absolute Gasteiger partial charge is 0.317 e. The highest BCUT2D eigenvalue weighted by molar-refractivity contribution is 5.69. The predicted octanol–water partition coefficient (Wildman–Crippen LogP) is 0.665. The van der Waals surface area contributed by atoms with Crippen molar-refractivity contribution in [3.63, 3.8) is 0 Å². The van der Waals surface area contributed by atoms with E-state index in [4.69, 9.17) is 14.4 Å². The average Bonchev–Trinajstić information content (AvgIpc) is 2.93. The highest BCUT2D eigenvalue weighted by Crippen LogP contribution is 2.12. The van der Waals surface area contributed by atoms with Gasteiger partial charge in [0.15, 0.2) is 0 Å². The first-order valence-corrected chi connectivity index (χ1v) is 6.36. The summed E-state index contributed by atoms with van der Waals surface area (Å²) in [6, 6.07) is 5.39. The zero-order valence-corrected chi connectivity index (χ0v) is 11.6. The van der Waals surface area contributed by atoms with Crippen molar-refractivity contribution < 1.29 is 19.2 Å². The van der Waals surface area contributed by atoms with E-state index in [0.29, 0.717) is 30.6 Å². The van der Waals surface area contributed by atoms with E-state index in [1.54, 1.807) is 30.3 Å². The number of carboxylic acids is 1. The number of pyridine rings is 1. The topological polar surface area (TPSA) is 102 Å². The minimum Gasteiger partial charge on any atom is -0.480 e. The zero-order valence-electron chi connectivity index (χ0n) is 11.6. The predicted molar refractivity (Wildman–Crippen MR) is 72.3 cm³/mol. The van der Waals surface area contributed by atoms with Gasteiger partial charge in [0.25, 0.3) is 0 Å². The van der Waals surface area contributed by atoms with Gasteiger partial charge in [-0.2, -0.15) is 4.98 Å². The second-order valence-electron chi connectivity index (χ2n) is 4.32. The zero-order chi connectivity index (χ0) is 15.1. The molecule has 0 saturated carbocycles. The van der Waals surface area contributed by atoms with Crippen molar-refractivity contribution in [2.45, 2.75) is 6.54 Å². The lowest BCUT2D eigenvalue weighted by molar-refractivity contribution is -0.138. The van der Waals surface area contributed by atoms with E-state index in [1.807, 2.05) is 6.07 Å². The molecule has 8 heteroatoms. The minimum atomic E-state index is -0.921. The van der Waals surface area contributed by atoms with Crippen molar-refractivity contribution >= 4 is 5.97 Å². The fourth-order valence-corrected chi connectivity index (χ4v) is 1.74. The van der Waals surface area contributed by atoms with Crippen LogP contribution < -0.4 is 0 Å². The molecule has 0 bridgehead atoms. The molecule has 0 unspecified atom stereocenters. The van der Waals surface area contributed by atoms with Crippen molar-refractivity contribution in [3.05, 3.63) is 30.3 Å². The summed E-state index contributed by atoms with van der Waals surface area (Å²) in [4.78, 5) is 20.8. The fourth-order valence-electron chi connectivity index (χ4n) is 1.74. The highest BCUT2D eigenvalue weighted by atomic mass is 16.5. The van der Waals surface area contributed by atoms with Gasteiger partial charge in [-0.15, -0.1) is 0 Å². The molecule has 2 heterocycles. The van der Waals surface area contributed by atoms with Gasteiger partial charge >= 0.3 is 5.97 Å². The first-order chi connectivity index (χ1) is 10.2. The molecule has 0 aliphatic rings. The van der Waals surface area contributed by atoms with Gasteiger partial charge in [-0.1, -0.05) is 11.2 Å². The summed E-state index contributed by atoms with van der Waals surface area (Å²) in [6.07, 6.45) is 1.64. The first-order valence-electron chi connectivity index (χ1n) is 6.36. The summed E-state index contributed by atoms with van der Waals surface area (Å²) < 4.78 is 10.1. The molecule has 0 aliphatic heterocycles. The van der Waals surface area contributed by atoms with Crippen LogP contribution in [0.25, 0.3) is 11.5 Å². The van der Waals surface area contributed by atoms with Gasteiger partial charge in [-0.25, -0.2) is 0 Å². The van der Waals surface area contributed by atoms with Crippen LogP contribution in [0.5, 0.6) is 0 Å². The van der Waals surface area contributed by atoms with Crippen molar-refractivity contribution in [2.24, 2.45) is 0 Å². The van der Waals surface area contributed by atoms with Crippen LogP contribution in [0.3, 0.4) is 0 Å². The molecule has 2 aromatic rings. The maximum absolute atomic E-state index is 10.8. The Hall–Kier alpha value is -2.32. The number of aromatic nitrogens is 3. The lowest BCUT2D eigenvalue weighted by atomic mass is 10.3. The Bertz CT molecular complexity index is 573. The average molecular weight is 292 g/mol. The van der Waals surface area contributed by atoms with Crippen LogP contribution in [0.2, 0.25) is 0 Å². The van der Waals surface area contributed by atoms with Crippen molar-refractivity contribution in [3.8, 4) is 11.5 Å². The Labute approximate surface area is 121 Å². The maximum atomic E-state index is 10.8. The Morgan fingerprint density at radius 1 is 1.48 bits per heavy atom. The number of carbonyl (C=O) groups is 1. The molecule has 0 aliphatic carbocycles. The molecule has 8 nitrogen and oxygen atoms in total. The molecule has 21 heavy (non-hydrogen) atoms. The second-order valence-corrected chi connectivity index (χ2v) is 4.32. The summed E-state index contributed by atoms with van der Waals surface area (Å²) >= 11 is 0. The Kier molecular flexibility index (Phi) is 5.35. The largest absolute Gasteiger partial charge is 0.480 e. The normalized spacial score (nSPS) is 11.0. The molecular formula is C13H16N4O4. The van der Waals surface area contributed by atoms with Crippen molar-refractivity contribution in [2.75, 3.05) is 26.8 Å². The molecular weight excluding hydrogens is 276 g/mol. The van der Waals surface area contributed by atoms with Crippen LogP contribution in [0.4, 0.5) is 0 Å². The van der Waals surface area contributed by atoms with Crippen LogP contribution in [0.15, 0.2) is 28.9 Å². The van der Waals surface area contributed by atoms with Gasteiger partial charge in [0, 0.05) is 19.9 Å². The van der Waals surface area contributed by atoms with E-state index >= 15 is 0 Å². The van der Waals surface area contributed by atoms with Gasteiger partial charge in [0.2, 0.25) is 11.7 Å². The number of hydrogen-bond donors (Lipinski definition) is 1. The van der Waals surface area contributed by atoms with Crippen LogP contribution in [0, 0.1) is 0 Å². The van der Waals surface area contributed by atoms with Gasteiger partial charge < -0.3 is 14.4 Å². The van der Waals surface area contributed by atoms with Crippen LogP contribution in [-0.2, 0) is 16.1 Å². The van der Waals surface area contributed by atoms with Gasteiger partial charge in [-0.05, 0) is 12.1 Å². The number of carboxylic acid groups (broad SMARTS) is 1. The molecule has 2 aromatic heterocycles. The highest BCUT2D eigenvalue weighted by Gasteiger charge is 2.15. The lowest BCUT2D eigenvalue weighted by Crippen LogP contribution is -2.32. The molecule has 0 atom stereocenters. The van der Waals surface area contributed by atoms with E-state index in [9.17, 15) is 4.79 Å². The van der Waals surface area contributed by atoms with Crippen LogP contribution in [0.1, 0.15) is 5.89 Å². The first kappa shape index (κ1) is 15.1. The monoisotopic (exact) mass is 292 g/mol.